The number of hydrogen-bond acceptors (Lipinski definition) is 1. The van der Waals surface area contributed by atoms with E-state index < -0.39 is 7.14 Å². The number of benzene rings is 3. The summed E-state index contributed by atoms with van der Waals surface area (Å²) in [6.07, 6.45) is 0. The lowest BCUT2D eigenvalue weighted by molar-refractivity contribution is 0.591. The van der Waals surface area contributed by atoms with Gasteiger partial charge in [0, 0.05) is 17.5 Å². The Morgan fingerprint density at radius 1 is 0.517 bits per heavy atom. The lowest BCUT2D eigenvalue weighted by Gasteiger charge is -2.10. The van der Waals surface area contributed by atoms with Crippen molar-refractivity contribution in [2.24, 2.45) is 0 Å². The molecule has 1 nitrogen and oxygen atoms in total. The third kappa shape index (κ3) is 6.23. The van der Waals surface area contributed by atoms with Crippen molar-refractivity contribution < 1.29 is 4.57 Å². The van der Waals surface area contributed by atoms with E-state index in [4.69, 9.17) is 34.8 Å². The van der Waals surface area contributed by atoms with Gasteiger partial charge in [0.2, 0.25) is 0 Å². The van der Waals surface area contributed by atoms with Crippen LogP contribution < -0.4 is 0 Å². The maximum Gasteiger partial charge on any atom is 0.154 e. The van der Waals surface area contributed by atoms with Crippen molar-refractivity contribution in [3.63, 3.8) is 0 Å². The van der Waals surface area contributed by atoms with Crippen molar-refractivity contribution in [1.82, 2.24) is 0 Å². The summed E-state index contributed by atoms with van der Waals surface area (Å²) in [4.78, 5) is 0. The molecule has 0 amide bonds. The molecule has 3 aromatic rings. The molecule has 3 aromatic carbocycles. The van der Waals surface area contributed by atoms with Gasteiger partial charge in [-0.05, 0) is 16.7 Å². The van der Waals surface area contributed by atoms with Crippen molar-refractivity contribution in [3.05, 3.63) is 125 Å². The fourth-order valence-electron chi connectivity index (χ4n) is 2.66. The Morgan fingerprint density at radius 3 is 1.00 bits per heavy atom. The van der Waals surface area contributed by atoms with E-state index in [9.17, 15) is 4.57 Å². The van der Waals surface area contributed by atoms with Crippen molar-refractivity contribution in [3.8, 4) is 0 Å². The second kappa shape index (κ2) is 10.1. The molecule has 0 aromatic heterocycles. The molecule has 0 atom stereocenters. The highest BCUT2D eigenvalue weighted by Gasteiger charge is 2.18. The molecular formula is C24H18Cl3OP. The smallest absolute Gasteiger partial charge is 0.154 e. The van der Waals surface area contributed by atoms with Gasteiger partial charge in [-0.15, -0.1) is 0 Å². The van der Waals surface area contributed by atoms with E-state index in [1.54, 1.807) is 0 Å². The quantitative estimate of drug-likeness (QED) is 0.336. The van der Waals surface area contributed by atoms with Crippen LogP contribution in [0.3, 0.4) is 0 Å². The van der Waals surface area contributed by atoms with Gasteiger partial charge in [-0.1, -0.05) is 126 Å². The van der Waals surface area contributed by atoms with Crippen LogP contribution >= 0.6 is 41.9 Å². The van der Waals surface area contributed by atoms with Crippen LogP contribution in [0.2, 0.25) is 0 Å². The summed E-state index contributed by atoms with van der Waals surface area (Å²) in [5, 5.41) is 1.12. The average Bonchev–Trinajstić information content (AvgIpc) is 2.75. The minimum absolute atomic E-state index is 0.372. The summed E-state index contributed by atoms with van der Waals surface area (Å²) in [7, 11) is -3.27. The summed E-state index contributed by atoms with van der Waals surface area (Å²) in [5.74, 6) is 4.58. The van der Waals surface area contributed by atoms with Gasteiger partial charge in [0.25, 0.3) is 0 Å². The fourth-order valence-corrected chi connectivity index (χ4v) is 6.14. The van der Waals surface area contributed by atoms with Crippen molar-refractivity contribution in [1.29, 1.82) is 0 Å². The Bertz CT molecular complexity index is 947. The van der Waals surface area contributed by atoms with E-state index in [-0.39, 0.29) is 0 Å². The van der Waals surface area contributed by atoms with Gasteiger partial charge >= 0.3 is 0 Å². The van der Waals surface area contributed by atoms with Crippen molar-refractivity contribution in [2.75, 3.05) is 0 Å². The van der Waals surface area contributed by atoms with Crippen molar-refractivity contribution in [2.45, 2.75) is 0 Å². The molecule has 0 aliphatic rings. The second-order valence-corrected chi connectivity index (χ2v) is 9.82. The Balaban J connectivity index is 2.09. The zero-order valence-electron chi connectivity index (χ0n) is 15.4. The average molecular weight is 460 g/mol. The van der Waals surface area contributed by atoms with Crippen LogP contribution in [0.25, 0.3) is 15.1 Å². The van der Waals surface area contributed by atoms with Gasteiger partial charge in [-0.3, -0.25) is 0 Å². The van der Waals surface area contributed by atoms with E-state index in [1.807, 2.05) is 91.0 Å². The van der Waals surface area contributed by atoms with Crippen LogP contribution in [0.5, 0.6) is 0 Å². The zero-order valence-corrected chi connectivity index (χ0v) is 18.5. The van der Waals surface area contributed by atoms with Crippen LogP contribution in [0.4, 0.5) is 0 Å². The summed E-state index contributed by atoms with van der Waals surface area (Å²) in [5.41, 5.74) is 2.30. The molecule has 0 radical (unpaired) electrons. The van der Waals surface area contributed by atoms with E-state index in [1.165, 1.54) is 17.5 Å². The minimum atomic E-state index is -3.27. The van der Waals surface area contributed by atoms with Gasteiger partial charge in [0.05, 0.1) is 15.1 Å². The molecule has 5 heteroatoms. The molecule has 0 heterocycles. The third-order valence-electron chi connectivity index (χ3n) is 4.09. The largest absolute Gasteiger partial charge is 0.310 e. The molecule has 0 N–H and O–H groups in total. The molecule has 29 heavy (non-hydrogen) atoms. The first-order valence-electron chi connectivity index (χ1n) is 8.87. The summed E-state index contributed by atoms with van der Waals surface area (Å²) in [6, 6.07) is 28.0. The minimum Gasteiger partial charge on any atom is -0.310 e. The van der Waals surface area contributed by atoms with Gasteiger partial charge in [0.1, 0.15) is 0 Å². The zero-order chi connectivity index (χ0) is 20.7. The molecule has 0 aliphatic carbocycles. The molecule has 0 unspecified atom stereocenters. The predicted molar refractivity (Wildman–Crippen MR) is 128 cm³/mol. The molecule has 0 spiro atoms. The second-order valence-electron chi connectivity index (χ2n) is 6.29. The maximum absolute atomic E-state index is 13.9. The highest BCUT2D eigenvalue weighted by atomic mass is 35.5. The number of rotatable bonds is 6. The monoisotopic (exact) mass is 458 g/mol. The first-order chi connectivity index (χ1) is 14.0. The standard InChI is InChI=1S/C24H18Cl3OP/c25-22(19-10-4-1-5-11-19)16-29(28,17-23(26)20-12-6-2-7-13-20)18-24(27)21-14-8-3-9-15-21/h1-18H/b22-16-,23-17-,24-18-. The summed E-state index contributed by atoms with van der Waals surface area (Å²) in [6.45, 7) is 0. The normalized spacial score (nSPS) is 13.4. The first kappa shape index (κ1) is 21.7. The molecule has 0 bridgehead atoms. The number of hydrogen-bond donors (Lipinski definition) is 0. The van der Waals surface area contributed by atoms with Crippen LogP contribution in [0.15, 0.2) is 108 Å². The Labute approximate surface area is 186 Å². The van der Waals surface area contributed by atoms with E-state index in [0.29, 0.717) is 15.1 Å². The highest BCUT2D eigenvalue weighted by Crippen LogP contribution is 2.57. The van der Waals surface area contributed by atoms with Gasteiger partial charge in [0.15, 0.2) is 7.14 Å². The Hall–Kier alpha value is -2.02. The molecule has 146 valence electrons. The SMILES string of the molecule is O=P(/C=C(\Cl)c1ccccc1)(/C=C(\Cl)c1ccccc1)/C=C(\Cl)c1ccccc1. The van der Waals surface area contributed by atoms with E-state index in [0.717, 1.165) is 16.7 Å². The lowest BCUT2D eigenvalue weighted by Crippen LogP contribution is -1.81. The molecule has 0 saturated heterocycles. The maximum atomic E-state index is 13.9. The topological polar surface area (TPSA) is 17.1 Å². The molecule has 0 fully saturated rings. The van der Waals surface area contributed by atoms with E-state index in [2.05, 4.69) is 0 Å². The molecule has 3 rings (SSSR count). The fraction of sp³-hybridized carbons (Fsp3) is 0. The van der Waals surface area contributed by atoms with Crippen LogP contribution in [-0.2, 0) is 4.57 Å². The van der Waals surface area contributed by atoms with Gasteiger partial charge in [-0.25, -0.2) is 0 Å². The van der Waals surface area contributed by atoms with Crippen LogP contribution in [0.1, 0.15) is 16.7 Å². The van der Waals surface area contributed by atoms with Gasteiger partial charge in [-0.2, -0.15) is 0 Å². The summed E-state index contributed by atoms with van der Waals surface area (Å²) >= 11 is 19.5. The molecular weight excluding hydrogens is 442 g/mol. The summed E-state index contributed by atoms with van der Waals surface area (Å²) < 4.78 is 13.9. The predicted octanol–water partition coefficient (Wildman–Crippen LogP) is 9.06. The lowest BCUT2D eigenvalue weighted by atomic mass is 10.2. The van der Waals surface area contributed by atoms with Crippen LogP contribution in [0, 0.1) is 0 Å². The first-order valence-corrected chi connectivity index (χ1v) is 11.9. The Kier molecular flexibility index (Phi) is 7.58. The number of halogens is 3. The Morgan fingerprint density at radius 2 is 0.759 bits per heavy atom. The molecule has 0 aliphatic heterocycles. The van der Waals surface area contributed by atoms with Gasteiger partial charge < -0.3 is 4.57 Å². The highest BCUT2D eigenvalue weighted by molar-refractivity contribution is 7.74. The third-order valence-corrected chi connectivity index (χ3v) is 7.52. The molecule has 0 saturated carbocycles. The van der Waals surface area contributed by atoms with Crippen molar-refractivity contribution >= 4 is 57.0 Å². The van der Waals surface area contributed by atoms with Crippen LogP contribution in [-0.4, -0.2) is 0 Å². The van der Waals surface area contributed by atoms with E-state index >= 15 is 0 Å².